The quantitative estimate of drug-likeness (QED) is 0.648. The molecule has 0 saturated heterocycles. The van der Waals surface area contributed by atoms with E-state index in [1.165, 1.54) is 10.8 Å². The van der Waals surface area contributed by atoms with Crippen LogP contribution in [0.1, 0.15) is 13.3 Å². The highest BCUT2D eigenvalue weighted by Crippen LogP contribution is 2.26. The maximum atomic E-state index is 13.3. The van der Waals surface area contributed by atoms with Crippen LogP contribution < -0.4 is 20.7 Å². The van der Waals surface area contributed by atoms with E-state index in [-0.39, 0.29) is 12.2 Å². The topological polar surface area (TPSA) is 96.3 Å². The molecular formula is C19H18F2N3O4-. The summed E-state index contributed by atoms with van der Waals surface area (Å²) in [5.41, 5.74) is 0.362. The van der Waals surface area contributed by atoms with E-state index in [1.807, 2.05) is 5.32 Å². The monoisotopic (exact) mass is 390 g/mol. The Morgan fingerprint density at radius 3 is 2.75 bits per heavy atom. The first kappa shape index (κ1) is 19.5. The Morgan fingerprint density at radius 1 is 1.32 bits per heavy atom. The number of hydrogen-bond acceptors (Lipinski definition) is 5. The molecule has 7 nitrogen and oxygen atoms in total. The zero-order chi connectivity index (χ0) is 20.5. The maximum Gasteiger partial charge on any atom is 0.260 e. The van der Waals surface area contributed by atoms with E-state index in [4.69, 9.17) is 4.74 Å². The molecule has 3 rings (SSSR count). The molecule has 0 aliphatic rings. The molecule has 0 saturated carbocycles. The first-order valence-electron chi connectivity index (χ1n) is 8.50. The van der Waals surface area contributed by atoms with Crippen molar-refractivity contribution >= 4 is 27.8 Å². The van der Waals surface area contributed by atoms with Gasteiger partial charge in [-0.05, 0) is 30.5 Å². The van der Waals surface area contributed by atoms with Gasteiger partial charge < -0.3 is 24.5 Å². The number of aromatic nitrogens is 2. The lowest BCUT2D eigenvalue weighted by Gasteiger charge is -2.23. The number of aryl methyl sites for hydroxylation is 1. The number of pyridine rings is 2. The van der Waals surface area contributed by atoms with Crippen LogP contribution in [0.25, 0.3) is 21.7 Å². The highest BCUT2D eigenvalue weighted by Gasteiger charge is 2.27. The Bertz CT molecular complexity index is 1090. The van der Waals surface area contributed by atoms with Crippen molar-refractivity contribution in [2.24, 2.45) is 7.05 Å². The van der Waals surface area contributed by atoms with Crippen molar-refractivity contribution in [3.05, 3.63) is 47.0 Å². The third-order valence-corrected chi connectivity index (χ3v) is 4.35. The number of carbonyl (C=O) groups is 1. The second-order valence-electron chi connectivity index (χ2n) is 6.68. The molecule has 1 atom stereocenters. The summed E-state index contributed by atoms with van der Waals surface area (Å²) in [4.78, 5) is 27.2. The number of nitrogens with zero attached hydrogens (tertiary/aromatic N) is 2. The number of halogens is 2. The summed E-state index contributed by atoms with van der Waals surface area (Å²) in [6.07, 6.45) is 0.707. The molecule has 0 radical (unpaired) electrons. The summed E-state index contributed by atoms with van der Waals surface area (Å²) in [5.74, 6) is -2.75. The van der Waals surface area contributed by atoms with Crippen LogP contribution >= 0.6 is 0 Å². The van der Waals surface area contributed by atoms with Crippen LogP contribution in [-0.4, -0.2) is 34.2 Å². The third kappa shape index (κ3) is 4.19. The Morgan fingerprint density at radius 2 is 2.07 bits per heavy atom. The number of alkyl halides is 2. The van der Waals surface area contributed by atoms with Gasteiger partial charge in [0.25, 0.3) is 5.56 Å². The summed E-state index contributed by atoms with van der Waals surface area (Å²) in [5, 5.41) is 14.7. The molecule has 1 N–H and O–H groups in total. The molecule has 1 aromatic carbocycles. The fraction of sp³-hybridized carbons (Fsp3) is 0.316. The van der Waals surface area contributed by atoms with E-state index in [1.54, 1.807) is 37.5 Å². The smallest absolute Gasteiger partial charge is 0.260 e. The predicted molar refractivity (Wildman–Crippen MR) is 97.5 cm³/mol. The molecule has 0 aliphatic heterocycles. The van der Waals surface area contributed by atoms with Gasteiger partial charge >= 0.3 is 0 Å². The number of benzene rings is 1. The van der Waals surface area contributed by atoms with Crippen LogP contribution in [0.4, 0.5) is 13.6 Å². The van der Waals surface area contributed by atoms with Crippen molar-refractivity contribution in [2.45, 2.75) is 25.3 Å². The van der Waals surface area contributed by atoms with Gasteiger partial charge in [-0.2, -0.15) is 0 Å². The van der Waals surface area contributed by atoms with E-state index in [9.17, 15) is 23.5 Å². The van der Waals surface area contributed by atoms with Gasteiger partial charge in [-0.25, -0.2) is 8.78 Å². The number of amides is 1. The van der Waals surface area contributed by atoms with Crippen molar-refractivity contribution in [2.75, 3.05) is 6.61 Å². The number of hydrogen-bond donors (Lipinski definition) is 1. The van der Waals surface area contributed by atoms with Crippen LogP contribution in [0.3, 0.4) is 0 Å². The lowest BCUT2D eigenvalue weighted by molar-refractivity contribution is -0.252. The Labute approximate surface area is 158 Å². The van der Waals surface area contributed by atoms with Gasteiger partial charge in [0.1, 0.15) is 18.4 Å². The van der Waals surface area contributed by atoms with Gasteiger partial charge in [0.05, 0.1) is 16.9 Å². The van der Waals surface area contributed by atoms with Gasteiger partial charge in [0, 0.05) is 37.3 Å². The third-order valence-electron chi connectivity index (χ3n) is 4.35. The molecule has 0 bridgehead atoms. The minimum absolute atomic E-state index is 0.227. The van der Waals surface area contributed by atoms with Crippen molar-refractivity contribution in [1.82, 2.24) is 14.9 Å². The summed E-state index contributed by atoms with van der Waals surface area (Å²) in [7, 11) is 1.61. The number of carbonyl (C=O) groups excluding carboxylic acids is 1. The normalized spacial score (nSPS) is 12.9. The summed E-state index contributed by atoms with van der Waals surface area (Å²) in [6, 6.07) is 5.58. The summed E-state index contributed by atoms with van der Waals surface area (Å²) >= 11 is 0. The first-order valence-corrected chi connectivity index (χ1v) is 8.50. The second kappa shape index (κ2) is 7.41. The van der Waals surface area contributed by atoms with E-state index in [0.717, 1.165) is 10.8 Å². The zero-order valence-electron chi connectivity index (χ0n) is 15.2. The van der Waals surface area contributed by atoms with Gasteiger partial charge in [0.2, 0.25) is 5.92 Å². The van der Waals surface area contributed by atoms with Crippen LogP contribution in [0.2, 0.25) is 0 Å². The van der Waals surface area contributed by atoms with Gasteiger partial charge in [-0.1, -0.05) is 0 Å². The molecule has 2 aromatic heterocycles. The number of fused-ring (bicyclic) bond motifs is 3. The molecule has 0 fully saturated rings. The zero-order valence-corrected chi connectivity index (χ0v) is 15.2. The molecule has 1 amide bonds. The number of ether oxygens (including phenoxy) is 1. The molecule has 2 heterocycles. The van der Waals surface area contributed by atoms with E-state index >= 15 is 0 Å². The molecule has 9 heteroatoms. The van der Waals surface area contributed by atoms with E-state index in [2.05, 4.69) is 4.98 Å². The average Bonchev–Trinajstić information content (AvgIpc) is 2.62. The fourth-order valence-electron chi connectivity index (χ4n) is 3.14. The molecule has 0 aliphatic carbocycles. The minimum Gasteiger partial charge on any atom is -0.530 e. The molecule has 28 heavy (non-hydrogen) atoms. The van der Waals surface area contributed by atoms with Gasteiger partial charge in [0.15, 0.2) is 0 Å². The van der Waals surface area contributed by atoms with Crippen LogP contribution in [0, 0.1) is 0 Å². The van der Waals surface area contributed by atoms with Gasteiger partial charge in [-0.3, -0.25) is 9.78 Å². The standard InChI is InChI=1S/C19H19F2N3O4/c1-19(20,21)8-11(23-18(26)27)10-28-12-3-4-14-13-5-6-22-9-15(13)17(25)24(2)16(14)7-12/h3-7,9,11,23H,8,10H2,1-2H3,(H,26,27)/p-1. The molecule has 1 unspecified atom stereocenters. The SMILES string of the molecule is Cn1c(=O)c2cnccc2c2ccc(OCC(CC(C)(F)F)NC(=O)[O-])cc21. The van der Waals surface area contributed by atoms with Crippen molar-refractivity contribution in [3.63, 3.8) is 0 Å². The first-order chi connectivity index (χ1) is 13.2. The number of rotatable bonds is 6. The van der Waals surface area contributed by atoms with E-state index in [0.29, 0.717) is 23.6 Å². The molecular weight excluding hydrogens is 372 g/mol. The Hall–Kier alpha value is -3.23. The highest BCUT2D eigenvalue weighted by atomic mass is 19.3. The van der Waals surface area contributed by atoms with Crippen LogP contribution in [-0.2, 0) is 7.05 Å². The molecule has 0 spiro atoms. The summed E-state index contributed by atoms with van der Waals surface area (Å²) < 4.78 is 33.5. The highest BCUT2D eigenvalue weighted by molar-refractivity contribution is 6.05. The van der Waals surface area contributed by atoms with Crippen LogP contribution in [0.15, 0.2) is 41.5 Å². The average molecular weight is 390 g/mol. The fourth-order valence-corrected chi connectivity index (χ4v) is 3.14. The van der Waals surface area contributed by atoms with Crippen molar-refractivity contribution in [3.8, 4) is 5.75 Å². The maximum absolute atomic E-state index is 13.3. The van der Waals surface area contributed by atoms with Crippen molar-refractivity contribution in [1.29, 1.82) is 0 Å². The lowest BCUT2D eigenvalue weighted by Crippen LogP contribution is -2.47. The van der Waals surface area contributed by atoms with Crippen molar-refractivity contribution < 1.29 is 23.4 Å². The predicted octanol–water partition coefficient (Wildman–Crippen LogP) is 1.81. The van der Waals surface area contributed by atoms with Crippen LogP contribution in [0.5, 0.6) is 5.75 Å². The number of nitrogens with one attached hydrogen (secondary N) is 1. The minimum atomic E-state index is -3.07. The second-order valence-corrected chi connectivity index (χ2v) is 6.68. The van der Waals surface area contributed by atoms with E-state index < -0.39 is 24.5 Å². The van der Waals surface area contributed by atoms with Gasteiger partial charge in [-0.15, -0.1) is 0 Å². The Balaban J connectivity index is 1.92. The molecule has 148 valence electrons. The molecule has 3 aromatic rings. The summed E-state index contributed by atoms with van der Waals surface area (Å²) in [6.45, 7) is 0.386. The largest absolute Gasteiger partial charge is 0.530 e. The Kier molecular flexibility index (Phi) is 5.17. The lowest BCUT2D eigenvalue weighted by atomic mass is 10.1. The number of carboxylic acid groups (broad SMARTS) is 1.